The number of phenols is 1. The molecule has 0 unspecified atom stereocenters. The minimum atomic E-state index is -0.989. The SMILES string of the molecule is C=CCc1cc(C=NNC(=O)c2cc3ccccc3cc2O)cc(OCC)c1OCc1ccc(C(=O)O)cc1. The number of nitrogens with zero attached hydrogens (tertiary/aromatic N) is 1. The van der Waals surface area contributed by atoms with Crippen LogP contribution in [-0.4, -0.2) is 34.9 Å². The summed E-state index contributed by atoms with van der Waals surface area (Å²) in [5.41, 5.74) is 5.06. The van der Waals surface area contributed by atoms with Gasteiger partial charge in [-0.1, -0.05) is 42.5 Å². The second-order valence-electron chi connectivity index (χ2n) is 8.64. The number of fused-ring (bicyclic) bond motifs is 1. The van der Waals surface area contributed by atoms with E-state index in [1.807, 2.05) is 37.3 Å². The quantitative estimate of drug-likeness (QED) is 0.131. The largest absolute Gasteiger partial charge is 0.507 e. The minimum absolute atomic E-state index is 0.119. The third-order valence-electron chi connectivity index (χ3n) is 5.89. The molecule has 0 atom stereocenters. The van der Waals surface area contributed by atoms with E-state index in [0.29, 0.717) is 30.1 Å². The second-order valence-corrected chi connectivity index (χ2v) is 8.64. The third-order valence-corrected chi connectivity index (χ3v) is 5.89. The molecule has 8 nitrogen and oxygen atoms in total. The Balaban J connectivity index is 1.53. The number of amides is 1. The highest BCUT2D eigenvalue weighted by molar-refractivity contribution is 6.01. The maximum Gasteiger partial charge on any atom is 0.335 e. The van der Waals surface area contributed by atoms with Crippen molar-refractivity contribution in [3.8, 4) is 17.2 Å². The Labute approximate surface area is 225 Å². The van der Waals surface area contributed by atoms with E-state index >= 15 is 0 Å². The van der Waals surface area contributed by atoms with Crippen molar-refractivity contribution >= 4 is 28.9 Å². The Hall–Kier alpha value is -5.11. The molecule has 4 aromatic rings. The van der Waals surface area contributed by atoms with Gasteiger partial charge in [-0.15, -0.1) is 6.58 Å². The lowest BCUT2D eigenvalue weighted by Gasteiger charge is -2.17. The van der Waals surface area contributed by atoms with Gasteiger partial charge in [-0.25, -0.2) is 10.2 Å². The van der Waals surface area contributed by atoms with E-state index in [1.165, 1.54) is 18.3 Å². The number of phenolic OH excluding ortho intramolecular Hbond substituents is 1. The minimum Gasteiger partial charge on any atom is -0.507 e. The molecule has 0 fully saturated rings. The van der Waals surface area contributed by atoms with Crippen LogP contribution in [0.1, 0.15) is 44.3 Å². The molecule has 198 valence electrons. The molecule has 0 spiro atoms. The summed E-state index contributed by atoms with van der Waals surface area (Å²) in [5, 5.41) is 25.1. The van der Waals surface area contributed by atoms with Crippen molar-refractivity contribution in [1.82, 2.24) is 5.43 Å². The van der Waals surface area contributed by atoms with Crippen molar-refractivity contribution in [3.05, 3.63) is 113 Å². The van der Waals surface area contributed by atoms with Crippen molar-refractivity contribution in [2.24, 2.45) is 5.10 Å². The Morgan fingerprint density at radius 2 is 1.72 bits per heavy atom. The van der Waals surface area contributed by atoms with Crippen molar-refractivity contribution in [1.29, 1.82) is 0 Å². The first kappa shape index (κ1) is 26.9. The summed E-state index contributed by atoms with van der Waals surface area (Å²) in [5.74, 6) is -0.621. The molecule has 0 aliphatic heterocycles. The molecule has 0 saturated heterocycles. The van der Waals surface area contributed by atoms with Crippen LogP contribution in [0, 0.1) is 0 Å². The van der Waals surface area contributed by atoms with Crippen LogP contribution in [0.5, 0.6) is 17.2 Å². The number of nitrogens with one attached hydrogen (secondary N) is 1. The average molecular weight is 525 g/mol. The lowest BCUT2D eigenvalue weighted by atomic mass is 10.1. The maximum absolute atomic E-state index is 12.7. The first-order chi connectivity index (χ1) is 18.9. The van der Waals surface area contributed by atoms with Gasteiger partial charge in [0.2, 0.25) is 0 Å². The van der Waals surface area contributed by atoms with Crippen molar-refractivity contribution in [2.75, 3.05) is 6.61 Å². The number of aromatic hydroxyl groups is 1. The van der Waals surface area contributed by atoms with E-state index in [2.05, 4.69) is 17.1 Å². The topological polar surface area (TPSA) is 117 Å². The number of carboxylic acids is 1. The molecule has 0 heterocycles. The first-order valence-electron chi connectivity index (χ1n) is 12.3. The van der Waals surface area contributed by atoms with E-state index < -0.39 is 11.9 Å². The van der Waals surface area contributed by atoms with Gasteiger partial charge in [0.05, 0.1) is 23.9 Å². The molecule has 0 saturated carbocycles. The number of hydrogen-bond acceptors (Lipinski definition) is 6. The van der Waals surface area contributed by atoms with Crippen LogP contribution < -0.4 is 14.9 Å². The Bertz CT molecular complexity index is 1540. The summed E-state index contributed by atoms with van der Waals surface area (Å²) in [6, 6.07) is 20.7. The van der Waals surface area contributed by atoms with Gasteiger partial charge in [0, 0.05) is 5.56 Å². The van der Waals surface area contributed by atoms with Gasteiger partial charge in [-0.05, 0) is 71.6 Å². The molecular formula is C31H28N2O6. The molecule has 39 heavy (non-hydrogen) atoms. The number of ether oxygens (including phenoxy) is 2. The van der Waals surface area contributed by atoms with Gasteiger partial charge in [0.25, 0.3) is 5.91 Å². The summed E-state index contributed by atoms with van der Waals surface area (Å²) in [6.07, 6.45) is 3.72. The average Bonchev–Trinajstić information content (AvgIpc) is 2.92. The van der Waals surface area contributed by atoms with Crippen LogP contribution in [0.3, 0.4) is 0 Å². The molecule has 0 aliphatic carbocycles. The predicted octanol–water partition coefficient (Wildman–Crippen LogP) is 5.71. The summed E-state index contributed by atoms with van der Waals surface area (Å²) < 4.78 is 11.9. The Morgan fingerprint density at radius 3 is 2.38 bits per heavy atom. The van der Waals surface area contributed by atoms with E-state index in [4.69, 9.17) is 14.6 Å². The van der Waals surface area contributed by atoms with E-state index in [-0.39, 0.29) is 23.5 Å². The van der Waals surface area contributed by atoms with Gasteiger partial charge >= 0.3 is 5.97 Å². The van der Waals surface area contributed by atoms with Crippen LogP contribution in [-0.2, 0) is 13.0 Å². The van der Waals surface area contributed by atoms with Crippen molar-refractivity contribution in [2.45, 2.75) is 20.0 Å². The zero-order valence-electron chi connectivity index (χ0n) is 21.4. The number of carbonyl (C=O) groups is 2. The van der Waals surface area contributed by atoms with Crippen LogP contribution in [0.2, 0.25) is 0 Å². The molecule has 4 aromatic carbocycles. The Morgan fingerprint density at radius 1 is 1.00 bits per heavy atom. The monoisotopic (exact) mass is 524 g/mol. The van der Waals surface area contributed by atoms with Crippen LogP contribution in [0.25, 0.3) is 10.8 Å². The molecule has 0 aromatic heterocycles. The molecule has 4 rings (SSSR count). The van der Waals surface area contributed by atoms with Crippen molar-refractivity contribution in [3.63, 3.8) is 0 Å². The first-order valence-corrected chi connectivity index (χ1v) is 12.3. The molecular weight excluding hydrogens is 496 g/mol. The van der Waals surface area contributed by atoms with Gasteiger partial charge in [0.1, 0.15) is 12.4 Å². The number of carbonyl (C=O) groups excluding carboxylic acids is 1. The van der Waals surface area contributed by atoms with Gasteiger partial charge < -0.3 is 19.7 Å². The number of carboxylic acid groups (broad SMARTS) is 1. The molecule has 3 N–H and O–H groups in total. The summed E-state index contributed by atoms with van der Waals surface area (Å²) in [6.45, 7) is 6.30. The third kappa shape index (κ3) is 6.61. The zero-order chi connectivity index (χ0) is 27.8. The smallest absolute Gasteiger partial charge is 0.335 e. The number of benzene rings is 4. The molecule has 8 heteroatoms. The standard InChI is InChI=1S/C31H28N2O6/c1-3-7-25-14-21(18-32-33-30(35)26-16-23-8-5-6-9-24(23)17-27(26)34)15-28(38-4-2)29(25)39-19-20-10-12-22(13-11-20)31(36)37/h3,5-6,8-18,34H,1,4,7,19H2,2H3,(H,33,35)(H,36,37). The fraction of sp³-hybridized carbons (Fsp3) is 0.129. The van der Waals surface area contributed by atoms with Crippen LogP contribution in [0.15, 0.2) is 90.6 Å². The van der Waals surface area contributed by atoms with E-state index in [1.54, 1.807) is 36.4 Å². The van der Waals surface area contributed by atoms with Gasteiger partial charge in [-0.2, -0.15) is 5.10 Å². The molecule has 1 amide bonds. The highest BCUT2D eigenvalue weighted by atomic mass is 16.5. The normalized spacial score (nSPS) is 10.9. The van der Waals surface area contributed by atoms with Gasteiger partial charge in [-0.3, -0.25) is 4.79 Å². The fourth-order valence-corrected chi connectivity index (χ4v) is 4.03. The van der Waals surface area contributed by atoms with Gasteiger partial charge in [0.15, 0.2) is 11.5 Å². The highest BCUT2D eigenvalue weighted by Gasteiger charge is 2.15. The van der Waals surface area contributed by atoms with E-state index in [9.17, 15) is 14.7 Å². The zero-order valence-corrected chi connectivity index (χ0v) is 21.4. The number of allylic oxidation sites excluding steroid dienone is 1. The number of aromatic carboxylic acids is 1. The summed E-state index contributed by atoms with van der Waals surface area (Å²) in [7, 11) is 0. The lowest BCUT2D eigenvalue weighted by Crippen LogP contribution is -2.17. The fourth-order valence-electron chi connectivity index (χ4n) is 4.03. The molecule has 0 radical (unpaired) electrons. The number of rotatable bonds is 11. The highest BCUT2D eigenvalue weighted by Crippen LogP contribution is 2.34. The summed E-state index contributed by atoms with van der Waals surface area (Å²) >= 11 is 0. The van der Waals surface area contributed by atoms with Crippen LogP contribution in [0.4, 0.5) is 0 Å². The number of hydrazone groups is 1. The molecule has 0 aliphatic rings. The Kier molecular flexibility index (Phi) is 8.58. The maximum atomic E-state index is 12.7. The lowest BCUT2D eigenvalue weighted by molar-refractivity contribution is 0.0696. The van der Waals surface area contributed by atoms with E-state index in [0.717, 1.165) is 21.9 Å². The predicted molar refractivity (Wildman–Crippen MR) is 150 cm³/mol. The second kappa shape index (κ2) is 12.4. The number of hydrogen-bond donors (Lipinski definition) is 3. The van der Waals surface area contributed by atoms with Crippen molar-refractivity contribution < 1.29 is 29.3 Å². The van der Waals surface area contributed by atoms with Crippen LogP contribution >= 0.6 is 0 Å². The summed E-state index contributed by atoms with van der Waals surface area (Å²) in [4.78, 5) is 23.8. The molecule has 0 bridgehead atoms.